The first-order valence-corrected chi connectivity index (χ1v) is 4.86. The molecule has 2 rings (SSSR count). The molecule has 0 aliphatic carbocycles. The van der Waals surface area contributed by atoms with Crippen LogP contribution in [0.1, 0.15) is 11.4 Å². The van der Waals surface area contributed by atoms with Gasteiger partial charge in [0.1, 0.15) is 5.78 Å². The fourth-order valence-corrected chi connectivity index (χ4v) is 1.31. The van der Waals surface area contributed by atoms with Gasteiger partial charge in [-0.25, -0.2) is 0 Å². The lowest BCUT2D eigenvalue weighted by Crippen LogP contribution is -2.09. The van der Waals surface area contributed by atoms with Crippen molar-refractivity contribution in [2.45, 2.75) is 12.8 Å². The minimum absolute atomic E-state index is 0.0565. The summed E-state index contributed by atoms with van der Waals surface area (Å²) in [7, 11) is 0. The van der Waals surface area contributed by atoms with Crippen LogP contribution in [0.2, 0.25) is 0 Å². The normalized spacial score (nSPS) is 10.0. The molecule has 2 aromatic heterocycles. The molecule has 0 radical (unpaired) electrons. The third kappa shape index (κ3) is 2.91. The van der Waals surface area contributed by atoms with Crippen molar-refractivity contribution in [2.75, 3.05) is 0 Å². The van der Waals surface area contributed by atoms with Crippen LogP contribution in [0.25, 0.3) is 0 Å². The highest BCUT2D eigenvalue weighted by molar-refractivity contribution is 5.82. The first-order valence-electron chi connectivity index (χ1n) is 4.86. The number of hydrogen-bond donors (Lipinski definition) is 0. The first kappa shape index (κ1) is 10.4. The van der Waals surface area contributed by atoms with Gasteiger partial charge >= 0.3 is 0 Å². The number of carbonyl (C=O) groups is 1. The fraction of sp³-hybridized carbons (Fsp3) is 0.182. The highest BCUT2D eigenvalue weighted by Crippen LogP contribution is 1.99. The van der Waals surface area contributed by atoms with Gasteiger partial charge in [0, 0.05) is 37.2 Å². The van der Waals surface area contributed by atoms with Gasteiger partial charge in [-0.05, 0) is 0 Å². The van der Waals surface area contributed by atoms with Crippen molar-refractivity contribution in [1.82, 2.24) is 19.9 Å². The van der Waals surface area contributed by atoms with E-state index in [1.807, 2.05) is 0 Å². The molecule has 5 nitrogen and oxygen atoms in total. The molecule has 0 saturated heterocycles. The fourth-order valence-electron chi connectivity index (χ4n) is 1.31. The molecule has 2 heterocycles. The highest BCUT2D eigenvalue weighted by Gasteiger charge is 2.06. The van der Waals surface area contributed by atoms with Crippen LogP contribution in [-0.2, 0) is 17.6 Å². The number of nitrogens with zero attached hydrogens (tertiary/aromatic N) is 4. The van der Waals surface area contributed by atoms with Crippen LogP contribution in [0.15, 0.2) is 37.2 Å². The predicted molar refractivity (Wildman–Crippen MR) is 56.5 cm³/mol. The smallest absolute Gasteiger partial charge is 0.144 e. The zero-order chi connectivity index (χ0) is 11.2. The molecule has 16 heavy (non-hydrogen) atoms. The molecule has 0 N–H and O–H groups in total. The molecule has 0 atom stereocenters. The molecule has 0 spiro atoms. The Morgan fingerprint density at radius 3 is 1.75 bits per heavy atom. The Morgan fingerprint density at radius 1 is 0.875 bits per heavy atom. The van der Waals surface area contributed by atoms with Crippen LogP contribution in [0.5, 0.6) is 0 Å². The second kappa shape index (κ2) is 5.06. The summed E-state index contributed by atoms with van der Waals surface area (Å²) in [4.78, 5) is 27.5. The van der Waals surface area contributed by atoms with Crippen LogP contribution in [0.3, 0.4) is 0 Å². The number of carbonyl (C=O) groups excluding carboxylic acids is 1. The Kier molecular flexibility index (Phi) is 3.28. The van der Waals surface area contributed by atoms with Crippen LogP contribution in [0.4, 0.5) is 0 Å². The van der Waals surface area contributed by atoms with Crippen LogP contribution < -0.4 is 0 Å². The average molecular weight is 214 g/mol. The number of aromatic nitrogens is 4. The third-order valence-electron chi connectivity index (χ3n) is 1.99. The zero-order valence-electron chi connectivity index (χ0n) is 8.58. The molecule has 0 fully saturated rings. The van der Waals surface area contributed by atoms with Crippen LogP contribution in [-0.4, -0.2) is 25.7 Å². The standard InChI is InChI=1S/C11H10N4O/c16-11(5-9-7-12-1-3-14-9)6-10-8-13-2-4-15-10/h1-4,7-8H,5-6H2. The van der Waals surface area contributed by atoms with Crippen molar-refractivity contribution in [2.24, 2.45) is 0 Å². The first-order chi connectivity index (χ1) is 7.84. The molecule has 80 valence electrons. The van der Waals surface area contributed by atoms with E-state index in [-0.39, 0.29) is 18.6 Å². The van der Waals surface area contributed by atoms with Gasteiger partial charge in [0.2, 0.25) is 0 Å². The zero-order valence-corrected chi connectivity index (χ0v) is 8.58. The average Bonchev–Trinajstić information content (AvgIpc) is 2.31. The van der Waals surface area contributed by atoms with Gasteiger partial charge in [0.05, 0.1) is 24.2 Å². The van der Waals surface area contributed by atoms with Crippen LogP contribution in [0, 0.1) is 0 Å². The predicted octanol–water partition coefficient (Wildman–Crippen LogP) is 0.621. The van der Waals surface area contributed by atoms with Gasteiger partial charge in [-0.3, -0.25) is 24.7 Å². The van der Waals surface area contributed by atoms with Gasteiger partial charge in [-0.2, -0.15) is 0 Å². The minimum Gasteiger partial charge on any atom is -0.299 e. The van der Waals surface area contributed by atoms with E-state index in [0.29, 0.717) is 11.4 Å². The maximum Gasteiger partial charge on any atom is 0.144 e. The molecule has 0 aliphatic rings. The minimum atomic E-state index is 0.0565. The van der Waals surface area contributed by atoms with E-state index in [2.05, 4.69) is 19.9 Å². The lowest BCUT2D eigenvalue weighted by molar-refractivity contribution is -0.117. The van der Waals surface area contributed by atoms with Gasteiger partial charge in [0.25, 0.3) is 0 Å². The molecule has 0 aliphatic heterocycles. The van der Waals surface area contributed by atoms with Crippen molar-refractivity contribution in [3.8, 4) is 0 Å². The molecule has 5 heteroatoms. The van der Waals surface area contributed by atoms with E-state index in [1.54, 1.807) is 37.2 Å². The molecule has 0 unspecified atom stereocenters. The quantitative estimate of drug-likeness (QED) is 0.746. The second-order valence-corrected chi connectivity index (χ2v) is 3.29. The Morgan fingerprint density at radius 2 is 1.38 bits per heavy atom. The monoisotopic (exact) mass is 214 g/mol. The van der Waals surface area contributed by atoms with E-state index < -0.39 is 0 Å². The molecule has 0 bridgehead atoms. The van der Waals surface area contributed by atoms with Crippen molar-refractivity contribution in [3.05, 3.63) is 48.6 Å². The highest BCUT2D eigenvalue weighted by atomic mass is 16.1. The van der Waals surface area contributed by atoms with E-state index in [4.69, 9.17) is 0 Å². The summed E-state index contributed by atoms with van der Waals surface area (Å²) < 4.78 is 0. The van der Waals surface area contributed by atoms with E-state index in [0.717, 1.165) is 0 Å². The number of hydrogen-bond acceptors (Lipinski definition) is 5. The summed E-state index contributed by atoms with van der Waals surface area (Å²) in [5, 5.41) is 0. The molecule has 2 aromatic rings. The Labute approximate surface area is 92.6 Å². The molecular weight excluding hydrogens is 204 g/mol. The summed E-state index contributed by atoms with van der Waals surface area (Å²) in [6, 6.07) is 0. The summed E-state index contributed by atoms with van der Waals surface area (Å²) in [5.41, 5.74) is 1.35. The lowest BCUT2D eigenvalue weighted by atomic mass is 10.1. The summed E-state index contributed by atoms with van der Waals surface area (Å²) >= 11 is 0. The topological polar surface area (TPSA) is 68.6 Å². The Hall–Kier alpha value is -2.17. The third-order valence-corrected chi connectivity index (χ3v) is 1.99. The number of rotatable bonds is 4. The lowest BCUT2D eigenvalue weighted by Gasteiger charge is -1.99. The van der Waals surface area contributed by atoms with Crippen LogP contribution >= 0.6 is 0 Å². The second-order valence-electron chi connectivity index (χ2n) is 3.29. The van der Waals surface area contributed by atoms with Gasteiger partial charge < -0.3 is 0 Å². The van der Waals surface area contributed by atoms with Crippen molar-refractivity contribution >= 4 is 5.78 Å². The largest absolute Gasteiger partial charge is 0.299 e. The summed E-state index contributed by atoms with van der Waals surface area (Å²) in [5.74, 6) is 0.0565. The molecule has 0 aromatic carbocycles. The molecular formula is C11H10N4O. The van der Waals surface area contributed by atoms with E-state index >= 15 is 0 Å². The molecule has 0 amide bonds. The molecule has 0 saturated carbocycles. The maximum atomic E-state index is 11.6. The van der Waals surface area contributed by atoms with Crippen molar-refractivity contribution in [1.29, 1.82) is 0 Å². The van der Waals surface area contributed by atoms with E-state index in [1.165, 1.54) is 0 Å². The maximum absolute atomic E-state index is 11.6. The van der Waals surface area contributed by atoms with Gasteiger partial charge in [-0.1, -0.05) is 0 Å². The number of Topliss-reactive ketones (excluding diaryl/α,β-unsaturated/α-hetero) is 1. The van der Waals surface area contributed by atoms with Crippen molar-refractivity contribution in [3.63, 3.8) is 0 Å². The Balaban J connectivity index is 1.95. The summed E-state index contributed by atoms with van der Waals surface area (Å²) in [6.45, 7) is 0. The Bertz CT molecular complexity index is 414. The van der Waals surface area contributed by atoms with Crippen molar-refractivity contribution < 1.29 is 4.79 Å². The number of ketones is 1. The van der Waals surface area contributed by atoms with E-state index in [9.17, 15) is 4.79 Å². The SMILES string of the molecule is O=C(Cc1cnccn1)Cc1cnccn1. The summed E-state index contributed by atoms with van der Waals surface area (Å²) in [6.07, 6.45) is 10.1. The van der Waals surface area contributed by atoms with Gasteiger partial charge in [-0.15, -0.1) is 0 Å². The van der Waals surface area contributed by atoms with Gasteiger partial charge in [0.15, 0.2) is 0 Å².